The van der Waals surface area contributed by atoms with Crippen molar-refractivity contribution in [1.82, 2.24) is 9.88 Å². The molecule has 0 atom stereocenters. The van der Waals surface area contributed by atoms with Crippen molar-refractivity contribution in [2.75, 3.05) is 55.9 Å². The monoisotopic (exact) mass is 758 g/mol. The molecule has 298 valence electrons. The van der Waals surface area contributed by atoms with Crippen LogP contribution in [0, 0.1) is 0 Å². The van der Waals surface area contributed by atoms with Gasteiger partial charge in [-0.25, -0.2) is 0 Å². The normalized spacial score (nSPS) is 15.4. The van der Waals surface area contributed by atoms with E-state index in [9.17, 15) is 9.59 Å². The largest absolute Gasteiger partial charge is 0.478 e. The summed E-state index contributed by atoms with van der Waals surface area (Å²) in [4.78, 5) is 36.6. The first-order valence-corrected chi connectivity index (χ1v) is 20.9. The third-order valence-electron chi connectivity index (χ3n) is 10.2. The fourth-order valence-electron chi connectivity index (χ4n) is 6.97. The van der Waals surface area contributed by atoms with E-state index in [-0.39, 0.29) is 18.6 Å². The number of benzene rings is 2. The number of rotatable bonds is 23. The molecule has 0 aliphatic carbocycles. The molecule has 1 aromatic heterocycles. The van der Waals surface area contributed by atoms with Crippen LogP contribution in [0.4, 0.5) is 11.5 Å². The van der Waals surface area contributed by atoms with Crippen molar-refractivity contribution < 1.29 is 19.1 Å². The number of carbonyl (C=O) groups excluding carboxylic acids is 2. The number of ether oxygens (including phenoxy) is 2. The van der Waals surface area contributed by atoms with Crippen LogP contribution in [0.15, 0.2) is 115 Å². The molecule has 3 heterocycles. The Hall–Kier alpha value is -4.95. The zero-order chi connectivity index (χ0) is 39.0. The van der Waals surface area contributed by atoms with E-state index in [2.05, 4.69) is 125 Å². The van der Waals surface area contributed by atoms with Crippen molar-refractivity contribution in [2.45, 2.75) is 90.4 Å². The van der Waals surface area contributed by atoms with Gasteiger partial charge in [0.1, 0.15) is 5.82 Å². The quantitative estimate of drug-likeness (QED) is 0.0541. The fraction of sp³-hybridized carbons (Fsp3) is 0.438. The van der Waals surface area contributed by atoms with E-state index >= 15 is 0 Å². The number of aryl methyl sites for hydroxylation is 1. The van der Waals surface area contributed by atoms with E-state index in [4.69, 9.17) is 9.47 Å². The van der Waals surface area contributed by atoms with Crippen LogP contribution in [-0.4, -0.2) is 67.8 Å². The van der Waals surface area contributed by atoms with Crippen molar-refractivity contribution in [3.63, 3.8) is 0 Å². The summed E-state index contributed by atoms with van der Waals surface area (Å²) in [6, 6.07) is 19.0. The summed E-state index contributed by atoms with van der Waals surface area (Å²) in [7, 11) is 0. The predicted molar refractivity (Wildman–Crippen MR) is 231 cm³/mol. The third-order valence-corrected chi connectivity index (χ3v) is 10.2. The van der Waals surface area contributed by atoms with Crippen molar-refractivity contribution in [1.29, 1.82) is 0 Å². The number of carbonyl (C=O) groups is 2. The molecule has 2 aliphatic rings. The minimum absolute atomic E-state index is 0.0929. The summed E-state index contributed by atoms with van der Waals surface area (Å²) < 4.78 is 11.6. The number of anilines is 2. The summed E-state index contributed by atoms with van der Waals surface area (Å²) in [6.45, 7) is 7.82. The van der Waals surface area contributed by atoms with Gasteiger partial charge in [-0.3, -0.25) is 19.4 Å². The van der Waals surface area contributed by atoms with Crippen LogP contribution >= 0.6 is 0 Å². The average Bonchev–Trinajstić information content (AvgIpc) is 3.22. The minimum atomic E-state index is -0.310. The van der Waals surface area contributed by atoms with Crippen LogP contribution in [0.1, 0.15) is 89.5 Å². The molecule has 0 bridgehead atoms. The second-order valence-corrected chi connectivity index (χ2v) is 14.5. The number of pyridine rings is 1. The molecule has 0 N–H and O–H groups in total. The molecule has 2 aromatic carbocycles. The highest BCUT2D eigenvalue weighted by atomic mass is 16.5. The fourth-order valence-corrected chi connectivity index (χ4v) is 6.97. The van der Waals surface area contributed by atoms with Crippen molar-refractivity contribution >= 4 is 34.2 Å². The van der Waals surface area contributed by atoms with Gasteiger partial charge in [0.05, 0.1) is 6.61 Å². The van der Waals surface area contributed by atoms with Gasteiger partial charge in [-0.15, -0.1) is 0 Å². The van der Waals surface area contributed by atoms with Crippen molar-refractivity contribution in [2.24, 2.45) is 0 Å². The second-order valence-electron chi connectivity index (χ2n) is 14.5. The summed E-state index contributed by atoms with van der Waals surface area (Å²) in [5.74, 6) is 0.621. The number of nitrogens with zero attached hydrogens (tertiary/aromatic N) is 4. The van der Waals surface area contributed by atoms with Gasteiger partial charge < -0.3 is 14.4 Å². The third kappa shape index (κ3) is 14.3. The number of aromatic nitrogens is 1. The molecule has 2 aliphatic heterocycles. The Labute approximate surface area is 335 Å². The van der Waals surface area contributed by atoms with Gasteiger partial charge >= 0.3 is 5.97 Å². The summed E-state index contributed by atoms with van der Waals surface area (Å²) in [6.07, 6.45) is 32.8. The molecule has 0 spiro atoms. The Kier molecular flexibility index (Phi) is 18.5. The van der Waals surface area contributed by atoms with Gasteiger partial charge in [0, 0.05) is 56.2 Å². The maximum Gasteiger partial charge on any atom is 0.307 e. The molecule has 1 amide bonds. The Balaban J connectivity index is 0.924. The molecule has 0 radical (unpaired) electrons. The molecule has 56 heavy (non-hydrogen) atoms. The maximum atomic E-state index is 12.8. The topological polar surface area (TPSA) is 75.2 Å². The van der Waals surface area contributed by atoms with Gasteiger partial charge in [-0.05, 0) is 93.8 Å². The number of fused-ring (bicyclic) bond motifs is 2. The van der Waals surface area contributed by atoms with E-state index in [0.717, 1.165) is 89.7 Å². The second kappa shape index (κ2) is 24.5. The van der Waals surface area contributed by atoms with E-state index in [1.807, 2.05) is 12.1 Å². The lowest BCUT2D eigenvalue weighted by Crippen LogP contribution is -2.46. The number of piperazine rings is 1. The standard InChI is InChI=1S/C48H62N4O4/c1-2-3-4-5-6-7-8-9-10-11-12-13-14-15-16-17-18-19-29-47(54)56-40-52-46(53)33-31-42-30-32-45(49-48(42)52)55-39-23-22-34-50-35-37-51(38-36-50)44-28-24-26-41-25-20-21-27-43(41)44/h4-5,7-8,10-11,13-14,16-17,20-21,24-28,30,32H,2-3,6,9,12,15,18-19,22-23,29,31,33-40H2,1H3/b5-4-,8-7-,11-10-,14-13-,17-16-. The predicted octanol–water partition coefficient (Wildman–Crippen LogP) is 10.3. The van der Waals surface area contributed by atoms with Gasteiger partial charge in [0.25, 0.3) is 0 Å². The molecular weight excluding hydrogens is 697 g/mol. The van der Waals surface area contributed by atoms with Crippen LogP contribution < -0.4 is 14.5 Å². The zero-order valence-corrected chi connectivity index (χ0v) is 33.5. The highest BCUT2D eigenvalue weighted by molar-refractivity contribution is 5.95. The number of unbranched alkanes of at least 4 members (excludes halogenated alkanes) is 3. The molecule has 0 unspecified atom stereocenters. The van der Waals surface area contributed by atoms with Crippen LogP contribution in [0.2, 0.25) is 0 Å². The lowest BCUT2D eigenvalue weighted by Gasteiger charge is -2.36. The Morgan fingerprint density at radius 1 is 0.732 bits per heavy atom. The van der Waals surface area contributed by atoms with E-state index < -0.39 is 0 Å². The SMILES string of the molecule is CCC/C=C\C/C=C\C/C=C\C/C=C\C/C=C\CCCC(=O)OCN1C(=O)CCc2ccc(OCCCCN3CCN(c4cccc5ccccc45)CC3)nc21. The molecule has 5 rings (SSSR count). The Morgan fingerprint density at radius 2 is 1.41 bits per heavy atom. The van der Waals surface area contributed by atoms with Crippen LogP contribution in [-0.2, 0) is 20.7 Å². The molecular formula is C48H62N4O4. The van der Waals surface area contributed by atoms with Crippen LogP contribution in [0.3, 0.4) is 0 Å². The number of esters is 1. The highest BCUT2D eigenvalue weighted by Gasteiger charge is 2.27. The molecule has 8 nitrogen and oxygen atoms in total. The average molecular weight is 759 g/mol. The lowest BCUT2D eigenvalue weighted by atomic mass is 10.1. The van der Waals surface area contributed by atoms with Gasteiger partial charge in [0.15, 0.2) is 6.73 Å². The van der Waals surface area contributed by atoms with Crippen LogP contribution in [0.5, 0.6) is 5.88 Å². The van der Waals surface area contributed by atoms with Crippen molar-refractivity contribution in [3.8, 4) is 5.88 Å². The smallest absolute Gasteiger partial charge is 0.307 e. The maximum absolute atomic E-state index is 12.8. The number of hydrogen-bond acceptors (Lipinski definition) is 7. The lowest BCUT2D eigenvalue weighted by molar-refractivity contribution is -0.144. The number of hydrogen-bond donors (Lipinski definition) is 0. The molecule has 3 aromatic rings. The molecule has 1 saturated heterocycles. The molecule has 1 fully saturated rings. The van der Waals surface area contributed by atoms with E-state index in [1.165, 1.54) is 27.8 Å². The van der Waals surface area contributed by atoms with Crippen LogP contribution in [0.25, 0.3) is 10.8 Å². The van der Waals surface area contributed by atoms with Gasteiger partial charge in [-0.1, -0.05) is 111 Å². The van der Waals surface area contributed by atoms with Crippen molar-refractivity contribution in [3.05, 3.63) is 121 Å². The summed E-state index contributed by atoms with van der Waals surface area (Å²) >= 11 is 0. The van der Waals surface area contributed by atoms with E-state index in [1.54, 1.807) is 0 Å². The minimum Gasteiger partial charge on any atom is -0.478 e. The number of amides is 1. The first-order chi connectivity index (χ1) is 27.6. The van der Waals surface area contributed by atoms with Gasteiger partial charge in [-0.2, -0.15) is 4.98 Å². The van der Waals surface area contributed by atoms with E-state index in [0.29, 0.717) is 44.0 Å². The molecule has 0 saturated carbocycles. The first-order valence-electron chi connectivity index (χ1n) is 20.9. The highest BCUT2D eigenvalue weighted by Crippen LogP contribution is 2.29. The first kappa shape index (κ1) is 42.2. The molecule has 8 heteroatoms. The Morgan fingerprint density at radius 3 is 2.14 bits per heavy atom. The Bertz CT molecular complexity index is 1800. The summed E-state index contributed by atoms with van der Waals surface area (Å²) in [5, 5.41) is 2.61. The summed E-state index contributed by atoms with van der Waals surface area (Å²) in [5.41, 5.74) is 2.29. The zero-order valence-electron chi connectivity index (χ0n) is 33.5. The number of allylic oxidation sites excluding steroid dienone is 10. The van der Waals surface area contributed by atoms with Gasteiger partial charge in [0.2, 0.25) is 11.8 Å².